The minimum absolute atomic E-state index is 0. The van der Waals surface area contributed by atoms with Crippen molar-refractivity contribution in [3.63, 3.8) is 0 Å². The number of halogens is 3. The van der Waals surface area contributed by atoms with E-state index in [9.17, 15) is 8.78 Å². The zero-order valence-corrected chi connectivity index (χ0v) is 13.0. The lowest BCUT2D eigenvalue weighted by Gasteiger charge is -2.32. The largest absolute Gasteiger partial charge is 0.497 e. The molecule has 20 heavy (non-hydrogen) atoms. The van der Waals surface area contributed by atoms with Crippen molar-refractivity contribution < 1.29 is 18.1 Å². The maximum Gasteiger partial charge on any atom is 0.497 e. The molecule has 3 nitrogen and oxygen atoms in total. The first kappa shape index (κ1) is 17.2. The van der Waals surface area contributed by atoms with Gasteiger partial charge >= 0.3 is 7.12 Å². The lowest BCUT2D eigenvalue weighted by Crippen LogP contribution is -2.41. The van der Waals surface area contributed by atoms with E-state index in [0.29, 0.717) is 0 Å². The molecule has 1 aromatic carbocycles. The Balaban J connectivity index is 0.00000200. The summed E-state index contributed by atoms with van der Waals surface area (Å²) in [7, 11) is 0.636. The SMILES string of the molecule is CNc1ccc(B2OC(C)(C)C(C)(C)O2)c(F)c1F.Cl. The van der Waals surface area contributed by atoms with Gasteiger partial charge in [-0.05, 0) is 33.8 Å². The summed E-state index contributed by atoms with van der Waals surface area (Å²) >= 11 is 0. The Morgan fingerprint density at radius 3 is 1.95 bits per heavy atom. The van der Waals surface area contributed by atoms with E-state index in [-0.39, 0.29) is 23.6 Å². The molecule has 1 aliphatic heterocycles. The zero-order valence-electron chi connectivity index (χ0n) is 12.2. The van der Waals surface area contributed by atoms with Gasteiger partial charge in [0.25, 0.3) is 0 Å². The molecule has 0 aromatic heterocycles. The number of hydrogen-bond donors (Lipinski definition) is 1. The highest BCUT2D eigenvalue weighted by Crippen LogP contribution is 2.36. The predicted octanol–water partition coefficient (Wildman–Crippen LogP) is 2.73. The summed E-state index contributed by atoms with van der Waals surface area (Å²) in [5.41, 5.74) is -0.974. The van der Waals surface area contributed by atoms with Crippen LogP contribution in [0.15, 0.2) is 12.1 Å². The highest BCUT2D eigenvalue weighted by atomic mass is 35.5. The molecule has 0 radical (unpaired) electrons. The average Bonchev–Trinajstić information content (AvgIpc) is 2.51. The first-order valence-corrected chi connectivity index (χ1v) is 6.21. The third-order valence-corrected chi connectivity index (χ3v) is 3.89. The van der Waals surface area contributed by atoms with E-state index in [1.165, 1.54) is 19.2 Å². The predicted molar refractivity (Wildman–Crippen MR) is 78.9 cm³/mol. The Morgan fingerprint density at radius 2 is 1.50 bits per heavy atom. The van der Waals surface area contributed by atoms with Crippen molar-refractivity contribution in [2.45, 2.75) is 38.9 Å². The molecule has 0 atom stereocenters. The molecule has 0 saturated carbocycles. The summed E-state index contributed by atoms with van der Waals surface area (Å²) in [6.45, 7) is 7.46. The molecular weight excluding hydrogens is 286 g/mol. The van der Waals surface area contributed by atoms with Gasteiger partial charge in [0.2, 0.25) is 0 Å². The van der Waals surface area contributed by atoms with Crippen LogP contribution in [-0.4, -0.2) is 25.4 Å². The van der Waals surface area contributed by atoms with Gasteiger partial charge in [-0.25, -0.2) is 8.78 Å². The van der Waals surface area contributed by atoms with Gasteiger partial charge in [0.1, 0.15) is 0 Å². The minimum Gasteiger partial charge on any atom is -0.399 e. The monoisotopic (exact) mass is 305 g/mol. The number of benzene rings is 1. The van der Waals surface area contributed by atoms with Crippen molar-refractivity contribution in [2.75, 3.05) is 12.4 Å². The summed E-state index contributed by atoms with van der Waals surface area (Å²) in [5.74, 6) is -1.86. The van der Waals surface area contributed by atoms with Gasteiger partial charge in [-0.2, -0.15) is 0 Å². The van der Waals surface area contributed by atoms with Crippen LogP contribution < -0.4 is 10.8 Å². The molecule has 0 bridgehead atoms. The lowest BCUT2D eigenvalue weighted by atomic mass is 9.78. The van der Waals surface area contributed by atoms with E-state index >= 15 is 0 Å². The number of nitrogens with one attached hydrogen (secondary N) is 1. The summed E-state index contributed by atoms with van der Waals surface area (Å²) in [6, 6.07) is 2.95. The third kappa shape index (κ3) is 2.64. The number of anilines is 1. The van der Waals surface area contributed by atoms with E-state index < -0.39 is 30.0 Å². The van der Waals surface area contributed by atoms with Crippen LogP contribution in [0.1, 0.15) is 27.7 Å². The topological polar surface area (TPSA) is 30.5 Å². The fraction of sp³-hybridized carbons (Fsp3) is 0.538. The van der Waals surface area contributed by atoms with Crippen molar-refractivity contribution in [1.82, 2.24) is 0 Å². The van der Waals surface area contributed by atoms with E-state index in [4.69, 9.17) is 9.31 Å². The van der Waals surface area contributed by atoms with Crippen LogP contribution in [0, 0.1) is 11.6 Å². The molecule has 0 amide bonds. The summed E-state index contributed by atoms with van der Waals surface area (Å²) in [4.78, 5) is 0. The molecule has 7 heteroatoms. The van der Waals surface area contributed by atoms with E-state index in [0.717, 1.165) is 0 Å². The Hall–Kier alpha value is -0.845. The second kappa shape index (κ2) is 5.50. The Bertz CT molecular complexity index is 495. The van der Waals surface area contributed by atoms with Gasteiger partial charge in [0, 0.05) is 12.5 Å². The molecule has 0 spiro atoms. The molecule has 1 saturated heterocycles. The van der Waals surface area contributed by atoms with Crippen molar-refractivity contribution in [1.29, 1.82) is 0 Å². The highest BCUT2D eigenvalue weighted by molar-refractivity contribution is 6.62. The molecule has 1 aliphatic rings. The molecule has 1 N–H and O–H groups in total. The van der Waals surface area contributed by atoms with Crippen LogP contribution in [0.25, 0.3) is 0 Å². The molecule has 1 aromatic rings. The second-order valence-electron chi connectivity index (χ2n) is 5.67. The standard InChI is InChI=1S/C13H18BF2NO2.ClH/c1-12(2)13(3,4)19-14(18-12)8-6-7-9(17-5)11(16)10(8)15;/h6-7,17H,1-5H3;1H. The minimum atomic E-state index is -0.939. The van der Waals surface area contributed by atoms with Crippen LogP contribution in [0.3, 0.4) is 0 Å². The average molecular weight is 306 g/mol. The lowest BCUT2D eigenvalue weighted by molar-refractivity contribution is 0.00578. The van der Waals surface area contributed by atoms with Gasteiger partial charge in [-0.15, -0.1) is 12.4 Å². The maximum atomic E-state index is 14.0. The second-order valence-corrected chi connectivity index (χ2v) is 5.67. The van der Waals surface area contributed by atoms with Crippen LogP contribution in [-0.2, 0) is 9.31 Å². The molecular formula is C13H19BClF2NO2. The van der Waals surface area contributed by atoms with E-state index in [1.807, 2.05) is 27.7 Å². The fourth-order valence-electron chi connectivity index (χ4n) is 1.91. The Morgan fingerprint density at radius 1 is 1.00 bits per heavy atom. The molecule has 0 aliphatic carbocycles. The van der Waals surface area contributed by atoms with Gasteiger partial charge < -0.3 is 14.6 Å². The van der Waals surface area contributed by atoms with E-state index in [2.05, 4.69) is 5.32 Å². The van der Waals surface area contributed by atoms with Crippen molar-refractivity contribution >= 4 is 30.7 Å². The molecule has 1 heterocycles. The first-order valence-electron chi connectivity index (χ1n) is 6.21. The normalized spacial score (nSPS) is 19.6. The number of hydrogen-bond acceptors (Lipinski definition) is 3. The van der Waals surface area contributed by atoms with Crippen molar-refractivity contribution in [2.24, 2.45) is 0 Å². The summed E-state index contributed by atoms with van der Waals surface area (Å²) < 4.78 is 39.2. The molecule has 0 unspecified atom stereocenters. The van der Waals surface area contributed by atoms with Crippen LogP contribution in [0.4, 0.5) is 14.5 Å². The van der Waals surface area contributed by atoms with Gasteiger partial charge in [0.05, 0.1) is 16.9 Å². The summed E-state index contributed by atoms with van der Waals surface area (Å²) in [6.07, 6.45) is 0. The smallest absolute Gasteiger partial charge is 0.399 e. The van der Waals surface area contributed by atoms with E-state index in [1.54, 1.807) is 0 Å². The molecule has 2 rings (SSSR count). The van der Waals surface area contributed by atoms with Crippen LogP contribution in [0.2, 0.25) is 0 Å². The molecule has 1 fully saturated rings. The first-order chi connectivity index (χ1) is 8.69. The van der Waals surface area contributed by atoms with Crippen molar-refractivity contribution in [3.05, 3.63) is 23.8 Å². The Kier molecular flexibility index (Phi) is 4.74. The fourth-order valence-corrected chi connectivity index (χ4v) is 1.91. The summed E-state index contributed by atoms with van der Waals surface area (Å²) in [5, 5.41) is 2.59. The van der Waals surface area contributed by atoms with Crippen molar-refractivity contribution in [3.8, 4) is 0 Å². The van der Waals surface area contributed by atoms with Gasteiger partial charge in [0.15, 0.2) is 11.6 Å². The maximum absolute atomic E-state index is 14.0. The quantitative estimate of drug-likeness (QED) is 0.852. The number of rotatable bonds is 2. The third-order valence-electron chi connectivity index (χ3n) is 3.89. The zero-order chi connectivity index (χ0) is 14.4. The molecule has 112 valence electrons. The highest BCUT2D eigenvalue weighted by Gasteiger charge is 2.52. The van der Waals surface area contributed by atoms with Gasteiger partial charge in [-0.1, -0.05) is 6.07 Å². The Labute approximate surface area is 124 Å². The van der Waals surface area contributed by atoms with Crippen LogP contribution in [0.5, 0.6) is 0 Å². The van der Waals surface area contributed by atoms with Gasteiger partial charge in [-0.3, -0.25) is 0 Å². The van der Waals surface area contributed by atoms with Crippen LogP contribution >= 0.6 is 12.4 Å².